The van der Waals surface area contributed by atoms with Gasteiger partial charge in [0.05, 0.1) is 0 Å². The van der Waals surface area contributed by atoms with Gasteiger partial charge in [-0.2, -0.15) is 13.1 Å². The number of nitrogens with one attached hydrogen (secondary N) is 3. The molecule has 84 valence electrons. The van der Waals surface area contributed by atoms with E-state index in [4.69, 9.17) is 0 Å². The van der Waals surface area contributed by atoms with Gasteiger partial charge in [0.15, 0.2) is 0 Å². The van der Waals surface area contributed by atoms with Gasteiger partial charge in [-0.3, -0.25) is 0 Å². The second-order valence-corrected chi connectivity index (χ2v) is 5.13. The van der Waals surface area contributed by atoms with Gasteiger partial charge in [0, 0.05) is 19.1 Å². The van der Waals surface area contributed by atoms with Crippen molar-refractivity contribution in [2.24, 2.45) is 0 Å². The van der Waals surface area contributed by atoms with Crippen molar-refractivity contribution in [2.75, 3.05) is 20.1 Å². The highest BCUT2D eigenvalue weighted by Crippen LogP contribution is 2.17. The van der Waals surface area contributed by atoms with Gasteiger partial charge in [-0.1, -0.05) is 12.8 Å². The van der Waals surface area contributed by atoms with E-state index in [1.807, 2.05) is 0 Å². The van der Waals surface area contributed by atoms with E-state index in [1.165, 1.54) is 0 Å². The first kappa shape index (κ1) is 11.9. The zero-order chi connectivity index (χ0) is 10.4. The van der Waals surface area contributed by atoms with Crippen molar-refractivity contribution in [1.29, 1.82) is 0 Å². The molecule has 5 nitrogen and oxygen atoms in total. The summed E-state index contributed by atoms with van der Waals surface area (Å²) in [6.45, 7) is 1.07. The van der Waals surface area contributed by atoms with E-state index in [1.54, 1.807) is 7.05 Å². The summed E-state index contributed by atoms with van der Waals surface area (Å²) in [5.41, 5.74) is 0. The van der Waals surface area contributed by atoms with Crippen LogP contribution < -0.4 is 14.8 Å². The molecule has 0 aromatic carbocycles. The van der Waals surface area contributed by atoms with Crippen LogP contribution in [0.4, 0.5) is 0 Å². The quantitative estimate of drug-likeness (QED) is 0.533. The van der Waals surface area contributed by atoms with Crippen molar-refractivity contribution in [1.82, 2.24) is 14.8 Å². The van der Waals surface area contributed by atoms with Gasteiger partial charge >= 0.3 is 0 Å². The van der Waals surface area contributed by atoms with Gasteiger partial charge in [0.2, 0.25) is 0 Å². The molecule has 0 atom stereocenters. The molecule has 0 heterocycles. The molecule has 0 radical (unpaired) electrons. The Balaban J connectivity index is 2.26. The topological polar surface area (TPSA) is 70.2 Å². The molecule has 0 aliphatic heterocycles. The highest BCUT2D eigenvalue weighted by atomic mass is 32.2. The largest absolute Gasteiger partial charge is 0.318 e. The summed E-state index contributed by atoms with van der Waals surface area (Å²) in [6, 6.07) is 0.141. The lowest BCUT2D eigenvalue weighted by Crippen LogP contribution is -2.43. The van der Waals surface area contributed by atoms with Crippen LogP contribution in [0.1, 0.15) is 25.7 Å². The number of likely N-dealkylation sites (N-methyl/N-ethyl adjacent to an activating group) is 1. The first-order valence-electron chi connectivity index (χ1n) is 5.05. The molecule has 0 amide bonds. The van der Waals surface area contributed by atoms with Crippen molar-refractivity contribution in [3.63, 3.8) is 0 Å². The summed E-state index contributed by atoms with van der Waals surface area (Å²) in [4.78, 5) is 0. The second-order valence-electron chi connectivity index (χ2n) is 3.60. The first-order valence-corrected chi connectivity index (χ1v) is 6.54. The molecule has 0 saturated heterocycles. The van der Waals surface area contributed by atoms with Gasteiger partial charge in [-0.05, 0) is 19.9 Å². The molecule has 1 saturated carbocycles. The van der Waals surface area contributed by atoms with Gasteiger partial charge in [0.1, 0.15) is 0 Å². The zero-order valence-electron chi connectivity index (χ0n) is 8.54. The highest BCUT2D eigenvalue weighted by Gasteiger charge is 2.20. The maximum Gasteiger partial charge on any atom is 0.277 e. The number of hydrogen-bond acceptors (Lipinski definition) is 3. The molecule has 1 rings (SSSR count). The lowest BCUT2D eigenvalue weighted by atomic mass is 10.3. The fourth-order valence-electron chi connectivity index (χ4n) is 1.62. The molecule has 0 aromatic rings. The maximum absolute atomic E-state index is 11.4. The van der Waals surface area contributed by atoms with Gasteiger partial charge in [-0.25, -0.2) is 4.72 Å². The standard InChI is InChI=1S/C8H19N3O2S/c1-9-6-7-10-14(12,13)11-8-4-2-3-5-8/h8-11H,2-7H2,1H3. The van der Waals surface area contributed by atoms with Crippen molar-refractivity contribution < 1.29 is 8.42 Å². The van der Waals surface area contributed by atoms with Gasteiger partial charge < -0.3 is 5.32 Å². The fourth-order valence-corrected chi connectivity index (χ4v) is 2.74. The molecule has 0 unspecified atom stereocenters. The molecule has 14 heavy (non-hydrogen) atoms. The number of rotatable bonds is 6. The van der Waals surface area contributed by atoms with Crippen molar-refractivity contribution in [3.8, 4) is 0 Å². The molecule has 1 fully saturated rings. The molecular weight excluding hydrogens is 202 g/mol. The minimum absolute atomic E-state index is 0.141. The molecule has 1 aliphatic carbocycles. The Morgan fingerprint density at radius 3 is 2.43 bits per heavy atom. The predicted molar refractivity (Wildman–Crippen MR) is 56.2 cm³/mol. The molecule has 6 heteroatoms. The van der Waals surface area contributed by atoms with Crippen molar-refractivity contribution >= 4 is 10.2 Å². The SMILES string of the molecule is CNCCNS(=O)(=O)NC1CCCC1. The second kappa shape index (κ2) is 5.65. The third-order valence-electron chi connectivity index (χ3n) is 2.34. The van der Waals surface area contributed by atoms with E-state index >= 15 is 0 Å². The fraction of sp³-hybridized carbons (Fsp3) is 1.00. The molecule has 0 bridgehead atoms. The van der Waals surface area contributed by atoms with Crippen LogP contribution >= 0.6 is 0 Å². The summed E-state index contributed by atoms with van der Waals surface area (Å²) in [6.07, 6.45) is 4.19. The van der Waals surface area contributed by atoms with Crippen LogP contribution in [0.15, 0.2) is 0 Å². The molecule has 3 N–H and O–H groups in total. The van der Waals surface area contributed by atoms with Crippen LogP contribution in [0.3, 0.4) is 0 Å². The molecule has 1 aliphatic rings. The average Bonchev–Trinajstić information content (AvgIpc) is 2.56. The minimum atomic E-state index is -3.28. The summed E-state index contributed by atoms with van der Waals surface area (Å²) in [5.74, 6) is 0. The Labute approximate surface area is 85.8 Å². The van der Waals surface area contributed by atoms with Crippen molar-refractivity contribution in [2.45, 2.75) is 31.7 Å². The Hall–Kier alpha value is -0.170. The van der Waals surface area contributed by atoms with Crippen LogP contribution in [0.25, 0.3) is 0 Å². The molecule has 0 spiro atoms. The van der Waals surface area contributed by atoms with Crippen LogP contribution in [0.2, 0.25) is 0 Å². The highest BCUT2D eigenvalue weighted by molar-refractivity contribution is 7.87. The zero-order valence-corrected chi connectivity index (χ0v) is 9.36. The summed E-state index contributed by atoms with van der Waals surface area (Å²) < 4.78 is 28.0. The van der Waals surface area contributed by atoms with Crippen LogP contribution in [0.5, 0.6) is 0 Å². The normalized spacial score (nSPS) is 18.9. The minimum Gasteiger partial charge on any atom is -0.318 e. The predicted octanol–water partition coefficient (Wildman–Crippen LogP) is -0.428. The molecular formula is C8H19N3O2S. The summed E-state index contributed by atoms with van der Waals surface area (Å²) in [5, 5.41) is 2.88. The smallest absolute Gasteiger partial charge is 0.277 e. The van der Waals surface area contributed by atoms with Gasteiger partial charge in [0.25, 0.3) is 10.2 Å². The van der Waals surface area contributed by atoms with E-state index in [9.17, 15) is 8.42 Å². The van der Waals surface area contributed by atoms with Crippen molar-refractivity contribution in [3.05, 3.63) is 0 Å². The maximum atomic E-state index is 11.4. The summed E-state index contributed by atoms with van der Waals surface area (Å²) in [7, 11) is -1.49. The van der Waals surface area contributed by atoms with E-state index in [2.05, 4.69) is 14.8 Å². The lowest BCUT2D eigenvalue weighted by Gasteiger charge is -2.12. The third-order valence-corrected chi connectivity index (χ3v) is 3.57. The summed E-state index contributed by atoms with van der Waals surface area (Å²) >= 11 is 0. The van der Waals surface area contributed by atoms with E-state index in [-0.39, 0.29) is 6.04 Å². The van der Waals surface area contributed by atoms with Crippen LogP contribution in [0, 0.1) is 0 Å². The van der Waals surface area contributed by atoms with Crippen LogP contribution in [-0.4, -0.2) is 34.6 Å². The van der Waals surface area contributed by atoms with E-state index < -0.39 is 10.2 Å². The van der Waals surface area contributed by atoms with E-state index in [0.717, 1.165) is 25.7 Å². The van der Waals surface area contributed by atoms with Gasteiger partial charge in [-0.15, -0.1) is 0 Å². The average molecular weight is 221 g/mol. The Kier molecular flexibility index (Phi) is 4.80. The number of hydrogen-bond donors (Lipinski definition) is 3. The van der Waals surface area contributed by atoms with Crippen LogP contribution in [-0.2, 0) is 10.2 Å². The monoisotopic (exact) mass is 221 g/mol. The Morgan fingerprint density at radius 2 is 1.86 bits per heavy atom. The lowest BCUT2D eigenvalue weighted by molar-refractivity contribution is 0.538. The molecule has 0 aromatic heterocycles. The van der Waals surface area contributed by atoms with E-state index in [0.29, 0.717) is 13.1 Å². The third kappa shape index (κ3) is 4.36. The Bertz CT molecular complexity index is 247. The first-order chi connectivity index (χ1) is 6.64. The Morgan fingerprint density at radius 1 is 1.21 bits per heavy atom.